The van der Waals surface area contributed by atoms with Crippen molar-refractivity contribution in [3.8, 4) is 0 Å². The van der Waals surface area contributed by atoms with Crippen molar-refractivity contribution >= 4 is 28.9 Å². The highest BCUT2D eigenvalue weighted by molar-refractivity contribution is 7.16. The molecule has 1 N–H and O–H groups in total. The standard InChI is InChI=1S/C15H15NO3S/c1-3-10-5-4-6-11(9-10)16-14(17)12-7-8-13(20-12)15(18)19-2/h4-9H,3H2,1-2H3,(H,16,17). The molecule has 0 spiro atoms. The summed E-state index contributed by atoms with van der Waals surface area (Å²) in [5, 5.41) is 2.82. The highest BCUT2D eigenvalue weighted by Crippen LogP contribution is 2.19. The number of benzene rings is 1. The second-order valence-corrected chi connectivity index (χ2v) is 5.25. The summed E-state index contributed by atoms with van der Waals surface area (Å²) in [6, 6.07) is 10.9. The Morgan fingerprint density at radius 1 is 1.20 bits per heavy atom. The molecule has 0 atom stereocenters. The molecule has 2 aromatic rings. The molecule has 1 heterocycles. The second-order valence-electron chi connectivity index (χ2n) is 4.16. The van der Waals surface area contributed by atoms with Gasteiger partial charge < -0.3 is 10.1 Å². The van der Waals surface area contributed by atoms with E-state index in [4.69, 9.17) is 0 Å². The largest absolute Gasteiger partial charge is 0.465 e. The summed E-state index contributed by atoms with van der Waals surface area (Å²) < 4.78 is 4.62. The average Bonchev–Trinajstić information content (AvgIpc) is 2.96. The van der Waals surface area contributed by atoms with Gasteiger partial charge in [-0.05, 0) is 36.2 Å². The van der Waals surface area contributed by atoms with Crippen LogP contribution in [0.15, 0.2) is 36.4 Å². The molecule has 0 unspecified atom stereocenters. The van der Waals surface area contributed by atoms with Crippen LogP contribution in [0, 0.1) is 0 Å². The number of ether oxygens (including phenoxy) is 1. The van der Waals surface area contributed by atoms with Crippen LogP contribution in [0.2, 0.25) is 0 Å². The van der Waals surface area contributed by atoms with E-state index < -0.39 is 5.97 Å². The number of carbonyl (C=O) groups is 2. The molecule has 5 heteroatoms. The second kappa shape index (κ2) is 6.34. The Balaban J connectivity index is 2.11. The first-order valence-corrected chi connectivity index (χ1v) is 7.04. The zero-order chi connectivity index (χ0) is 14.5. The van der Waals surface area contributed by atoms with Gasteiger partial charge in [-0.25, -0.2) is 4.79 Å². The third kappa shape index (κ3) is 3.24. The van der Waals surface area contributed by atoms with Crippen LogP contribution in [-0.4, -0.2) is 19.0 Å². The summed E-state index contributed by atoms with van der Waals surface area (Å²) >= 11 is 1.12. The van der Waals surface area contributed by atoms with E-state index in [2.05, 4.69) is 17.0 Å². The topological polar surface area (TPSA) is 55.4 Å². The SMILES string of the molecule is CCc1cccc(NC(=O)c2ccc(C(=O)OC)s2)c1. The average molecular weight is 289 g/mol. The Labute approximate surface area is 121 Å². The van der Waals surface area contributed by atoms with Gasteiger partial charge in [0.15, 0.2) is 0 Å². The predicted octanol–water partition coefficient (Wildman–Crippen LogP) is 3.35. The van der Waals surface area contributed by atoms with Crippen molar-refractivity contribution in [2.24, 2.45) is 0 Å². The number of rotatable bonds is 4. The fourth-order valence-corrected chi connectivity index (χ4v) is 2.55. The van der Waals surface area contributed by atoms with Crippen LogP contribution >= 0.6 is 11.3 Å². The summed E-state index contributed by atoms with van der Waals surface area (Å²) in [5.74, 6) is -0.652. The van der Waals surface area contributed by atoms with E-state index >= 15 is 0 Å². The summed E-state index contributed by atoms with van der Waals surface area (Å²) in [5.41, 5.74) is 1.91. The zero-order valence-electron chi connectivity index (χ0n) is 11.3. The Kier molecular flexibility index (Phi) is 4.53. The van der Waals surface area contributed by atoms with Crippen LogP contribution in [0.5, 0.6) is 0 Å². The number of methoxy groups -OCH3 is 1. The number of hydrogen-bond acceptors (Lipinski definition) is 4. The molecule has 0 radical (unpaired) electrons. The van der Waals surface area contributed by atoms with Crippen molar-refractivity contribution in [3.63, 3.8) is 0 Å². The smallest absolute Gasteiger partial charge is 0.348 e. The van der Waals surface area contributed by atoms with Crippen molar-refractivity contribution in [1.29, 1.82) is 0 Å². The number of anilines is 1. The summed E-state index contributed by atoms with van der Waals surface area (Å²) in [6.45, 7) is 2.06. The maximum atomic E-state index is 12.1. The Morgan fingerprint density at radius 2 is 1.95 bits per heavy atom. The minimum absolute atomic E-state index is 0.224. The number of hydrogen-bond donors (Lipinski definition) is 1. The van der Waals surface area contributed by atoms with E-state index in [0.717, 1.165) is 29.0 Å². The molecular formula is C15H15NO3S. The number of carbonyl (C=O) groups excluding carboxylic acids is 2. The van der Waals surface area contributed by atoms with Crippen LogP contribution in [-0.2, 0) is 11.2 Å². The Hall–Kier alpha value is -2.14. The van der Waals surface area contributed by atoms with Crippen LogP contribution in [0.4, 0.5) is 5.69 Å². The van der Waals surface area contributed by atoms with E-state index in [9.17, 15) is 9.59 Å². The Morgan fingerprint density at radius 3 is 2.65 bits per heavy atom. The normalized spacial score (nSPS) is 10.1. The van der Waals surface area contributed by atoms with Gasteiger partial charge in [0, 0.05) is 5.69 Å². The molecule has 0 aliphatic heterocycles. The molecule has 0 aliphatic rings. The number of esters is 1. The molecule has 0 saturated carbocycles. The van der Waals surface area contributed by atoms with Gasteiger partial charge >= 0.3 is 5.97 Å². The van der Waals surface area contributed by atoms with Crippen LogP contribution in [0.1, 0.15) is 31.8 Å². The molecule has 2 rings (SSSR count). The lowest BCUT2D eigenvalue weighted by atomic mass is 10.1. The maximum Gasteiger partial charge on any atom is 0.348 e. The number of thiophene rings is 1. The van der Waals surface area contributed by atoms with Crippen molar-refractivity contribution in [1.82, 2.24) is 0 Å². The molecule has 1 aromatic carbocycles. The summed E-state index contributed by atoms with van der Waals surface area (Å²) in [7, 11) is 1.32. The molecule has 0 saturated heterocycles. The number of aryl methyl sites for hydroxylation is 1. The van der Waals surface area contributed by atoms with E-state index in [1.165, 1.54) is 7.11 Å². The van der Waals surface area contributed by atoms with Gasteiger partial charge in [0.2, 0.25) is 0 Å². The van der Waals surface area contributed by atoms with E-state index in [-0.39, 0.29) is 5.91 Å². The lowest BCUT2D eigenvalue weighted by molar-refractivity contribution is 0.0606. The minimum atomic E-state index is -0.429. The van der Waals surface area contributed by atoms with Crippen LogP contribution in [0.25, 0.3) is 0 Å². The van der Waals surface area contributed by atoms with Gasteiger partial charge in [-0.1, -0.05) is 19.1 Å². The molecule has 0 fully saturated rings. The number of amides is 1. The quantitative estimate of drug-likeness (QED) is 0.878. The first kappa shape index (κ1) is 14.3. The zero-order valence-corrected chi connectivity index (χ0v) is 12.1. The lowest BCUT2D eigenvalue weighted by Gasteiger charge is -2.05. The minimum Gasteiger partial charge on any atom is -0.465 e. The lowest BCUT2D eigenvalue weighted by Crippen LogP contribution is -2.10. The van der Waals surface area contributed by atoms with Gasteiger partial charge in [-0.3, -0.25) is 4.79 Å². The van der Waals surface area contributed by atoms with Gasteiger partial charge in [0.05, 0.1) is 12.0 Å². The van der Waals surface area contributed by atoms with Gasteiger partial charge in [-0.15, -0.1) is 11.3 Å². The fraction of sp³-hybridized carbons (Fsp3) is 0.200. The van der Waals surface area contributed by atoms with Crippen molar-refractivity contribution in [2.75, 3.05) is 12.4 Å². The van der Waals surface area contributed by atoms with Crippen molar-refractivity contribution in [2.45, 2.75) is 13.3 Å². The molecule has 4 nitrogen and oxygen atoms in total. The molecule has 1 amide bonds. The third-order valence-electron chi connectivity index (χ3n) is 2.81. The highest BCUT2D eigenvalue weighted by Gasteiger charge is 2.14. The molecule has 1 aromatic heterocycles. The molecule has 104 valence electrons. The van der Waals surface area contributed by atoms with E-state index in [1.807, 2.05) is 24.3 Å². The monoisotopic (exact) mass is 289 g/mol. The predicted molar refractivity (Wildman–Crippen MR) is 79.4 cm³/mol. The first-order chi connectivity index (χ1) is 9.63. The van der Waals surface area contributed by atoms with Crippen LogP contribution in [0.3, 0.4) is 0 Å². The molecule has 0 aliphatic carbocycles. The Bertz CT molecular complexity index is 634. The van der Waals surface area contributed by atoms with E-state index in [0.29, 0.717) is 9.75 Å². The third-order valence-corrected chi connectivity index (χ3v) is 3.87. The van der Waals surface area contributed by atoms with Crippen LogP contribution < -0.4 is 5.32 Å². The highest BCUT2D eigenvalue weighted by atomic mass is 32.1. The van der Waals surface area contributed by atoms with E-state index in [1.54, 1.807) is 12.1 Å². The maximum absolute atomic E-state index is 12.1. The number of nitrogens with one attached hydrogen (secondary N) is 1. The first-order valence-electron chi connectivity index (χ1n) is 6.22. The van der Waals surface area contributed by atoms with Gasteiger partial charge in [0.25, 0.3) is 5.91 Å². The summed E-state index contributed by atoms with van der Waals surface area (Å²) in [6.07, 6.45) is 0.912. The van der Waals surface area contributed by atoms with Crippen molar-refractivity contribution < 1.29 is 14.3 Å². The molecular weight excluding hydrogens is 274 g/mol. The molecule has 0 bridgehead atoms. The summed E-state index contributed by atoms with van der Waals surface area (Å²) in [4.78, 5) is 24.3. The van der Waals surface area contributed by atoms with Gasteiger partial charge in [-0.2, -0.15) is 0 Å². The molecule has 20 heavy (non-hydrogen) atoms. The van der Waals surface area contributed by atoms with Gasteiger partial charge in [0.1, 0.15) is 4.88 Å². The van der Waals surface area contributed by atoms with Crippen molar-refractivity contribution in [3.05, 3.63) is 51.7 Å². The fourth-order valence-electron chi connectivity index (χ4n) is 1.73.